The summed E-state index contributed by atoms with van der Waals surface area (Å²) in [5.74, 6) is 0.806. The van der Waals surface area contributed by atoms with Gasteiger partial charge in [0.05, 0.1) is 26.8 Å². The Morgan fingerprint density at radius 2 is 1.88 bits per heavy atom. The van der Waals surface area contributed by atoms with Crippen LogP contribution in [0.25, 0.3) is 0 Å². The maximum Gasteiger partial charge on any atom is 0.269 e. The number of non-ortho nitro benzene ring substituents is 1. The number of thioether (sulfide) groups is 1. The predicted molar refractivity (Wildman–Crippen MR) is 102 cm³/mol. The predicted octanol–water partition coefficient (Wildman–Crippen LogP) is 5.01. The van der Waals surface area contributed by atoms with E-state index in [1.807, 2.05) is 13.0 Å². The minimum atomic E-state index is -0.436. The first-order chi connectivity index (χ1) is 11.9. The van der Waals surface area contributed by atoms with Gasteiger partial charge in [0.15, 0.2) is 0 Å². The fourth-order valence-corrected chi connectivity index (χ4v) is 3.23. The largest absolute Gasteiger partial charge is 0.349 e. The number of nitro benzene ring substituents is 1. The Labute approximate surface area is 159 Å². The number of carbonyl (C=O) groups excluding carboxylic acids is 1. The molecular formula is C17H16Cl2N2O3S. The van der Waals surface area contributed by atoms with Crippen LogP contribution in [-0.2, 0) is 10.5 Å². The molecule has 0 spiro atoms. The van der Waals surface area contributed by atoms with Gasteiger partial charge >= 0.3 is 0 Å². The molecule has 0 aromatic heterocycles. The van der Waals surface area contributed by atoms with Gasteiger partial charge in [0.2, 0.25) is 5.91 Å². The van der Waals surface area contributed by atoms with Gasteiger partial charge in [-0.2, -0.15) is 0 Å². The average molecular weight is 399 g/mol. The molecule has 1 amide bonds. The van der Waals surface area contributed by atoms with Crippen LogP contribution in [0.3, 0.4) is 0 Å². The number of amides is 1. The number of carbonyl (C=O) groups is 1. The number of nitrogens with zero attached hydrogens (tertiary/aromatic N) is 1. The van der Waals surface area contributed by atoms with Crippen LogP contribution in [0, 0.1) is 10.1 Å². The van der Waals surface area contributed by atoms with Crippen LogP contribution < -0.4 is 5.32 Å². The Kier molecular flexibility index (Phi) is 7.11. The first kappa shape index (κ1) is 19.6. The summed E-state index contributed by atoms with van der Waals surface area (Å²) in [6.07, 6.45) is 0. The second-order valence-corrected chi connectivity index (χ2v) is 7.18. The molecule has 5 nitrogen and oxygen atoms in total. The molecule has 0 saturated carbocycles. The highest BCUT2D eigenvalue weighted by molar-refractivity contribution is 7.99. The molecule has 0 unspecified atom stereocenters. The van der Waals surface area contributed by atoms with Crippen molar-refractivity contribution in [2.24, 2.45) is 0 Å². The lowest BCUT2D eigenvalue weighted by Crippen LogP contribution is -2.28. The monoisotopic (exact) mass is 398 g/mol. The molecular weight excluding hydrogens is 383 g/mol. The molecule has 2 aromatic carbocycles. The number of nitro groups is 1. The lowest BCUT2D eigenvalue weighted by molar-refractivity contribution is -0.384. The lowest BCUT2D eigenvalue weighted by atomic mass is 10.1. The fourth-order valence-electron chi connectivity index (χ4n) is 2.12. The Bertz CT molecular complexity index is 769. The Morgan fingerprint density at radius 3 is 2.48 bits per heavy atom. The lowest BCUT2D eigenvalue weighted by Gasteiger charge is -2.15. The van der Waals surface area contributed by atoms with Gasteiger partial charge in [0.1, 0.15) is 0 Å². The van der Waals surface area contributed by atoms with Gasteiger partial charge < -0.3 is 5.32 Å². The van der Waals surface area contributed by atoms with E-state index < -0.39 is 4.92 Å². The molecule has 132 valence electrons. The van der Waals surface area contributed by atoms with Crippen molar-refractivity contribution in [1.29, 1.82) is 0 Å². The van der Waals surface area contributed by atoms with Crippen molar-refractivity contribution in [2.75, 3.05) is 5.75 Å². The minimum absolute atomic E-state index is 0.0574. The Morgan fingerprint density at radius 1 is 1.20 bits per heavy atom. The number of nitrogens with one attached hydrogen (secondary N) is 1. The summed E-state index contributed by atoms with van der Waals surface area (Å²) in [5.41, 5.74) is 1.87. The molecule has 25 heavy (non-hydrogen) atoms. The fraction of sp³-hybridized carbons (Fsp3) is 0.235. The summed E-state index contributed by atoms with van der Waals surface area (Å²) >= 11 is 13.3. The van der Waals surface area contributed by atoms with Crippen LogP contribution in [0.2, 0.25) is 10.0 Å². The van der Waals surface area contributed by atoms with Crippen LogP contribution in [-0.4, -0.2) is 16.6 Å². The van der Waals surface area contributed by atoms with Crippen molar-refractivity contribution in [3.05, 3.63) is 73.8 Å². The quantitative estimate of drug-likeness (QED) is 0.525. The van der Waals surface area contributed by atoms with Gasteiger partial charge in [0.25, 0.3) is 5.69 Å². The van der Waals surface area contributed by atoms with Gasteiger partial charge in [0, 0.05) is 17.9 Å². The van der Waals surface area contributed by atoms with E-state index in [-0.39, 0.29) is 17.6 Å². The van der Waals surface area contributed by atoms with Gasteiger partial charge in [-0.25, -0.2) is 0 Å². The summed E-state index contributed by atoms with van der Waals surface area (Å²) in [7, 11) is 0. The zero-order valence-corrected chi connectivity index (χ0v) is 15.7. The second-order valence-electron chi connectivity index (χ2n) is 5.38. The van der Waals surface area contributed by atoms with E-state index in [1.54, 1.807) is 24.3 Å². The summed E-state index contributed by atoms with van der Waals surface area (Å²) in [6, 6.07) is 11.4. The zero-order valence-electron chi connectivity index (χ0n) is 13.4. The molecule has 0 aliphatic rings. The van der Waals surface area contributed by atoms with Gasteiger partial charge in [-0.05, 0) is 30.2 Å². The molecule has 0 heterocycles. The maximum absolute atomic E-state index is 12.0. The smallest absolute Gasteiger partial charge is 0.269 e. The molecule has 0 bridgehead atoms. The van der Waals surface area contributed by atoms with E-state index in [4.69, 9.17) is 23.2 Å². The van der Waals surface area contributed by atoms with Crippen LogP contribution >= 0.6 is 35.0 Å². The third-order valence-electron chi connectivity index (χ3n) is 3.47. The minimum Gasteiger partial charge on any atom is -0.349 e. The highest BCUT2D eigenvalue weighted by Crippen LogP contribution is 2.25. The van der Waals surface area contributed by atoms with E-state index in [1.165, 1.54) is 23.9 Å². The zero-order chi connectivity index (χ0) is 18.4. The van der Waals surface area contributed by atoms with Gasteiger partial charge in [-0.15, -0.1) is 11.8 Å². The standard InChI is InChI=1S/C17H16Cl2N2O3S/c1-11(13-4-7-15(18)16(19)8-13)20-17(22)10-25-9-12-2-5-14(6-3-12)21(23)24/h2-8,11H,9-10H2,1H3,(H,20,22)/t11-/m0/s1. The SMILES string of the molecule is C[C@H](NC(=O)CSCc1ccc([N+](=O)[O-])cc1)c1ccc(Cl)c(Cl)c1. The highest BCUT2D eigenvalue weighted by Gasteiger charge is 2.11. The van der Waals surface area contributed by atoms with Crippen molar-refractivity contribution < 1.29 is 9.72 Å². The summed E-state index contributed by atoms with van der Waals surface area (Å²) in [6.45, 7) is 1.87. The Hall–Kier alpha value is -1.76. The van der Waals surface area contributed by atoms with Gasteiger partial charge in [-0.1, -0.05) is 41.4 Å². The number of hydrogen-bond donors (Lipinski definition) is 1. The molecule has 0 aliphatic carbocycles. The third-order valence-corrected chi connectivity index (χ3v) is 5.21. The molecule has 2 aromatic rings. The highest BCUT2D eigenvalue weighted by atomic mass is 35.5. The number of rotatable bonds is 7. The molecule has 1 N–H and O–H groups in total. The summed E-state index contributed by atoms with van der Waals surface area (Å²) in [4.78, 5) is 22.2. The average Bonchev–Trinajstić information content (AvgIpc) is 2.57. The van der Waals surface area contributed by atoms with E-state index in [0.717, 1.165) is 11.1 Å². The Balaban J connectivity index is 1.79. The van der Waals surface area contributed by atoms with Crippen LogP contribution in [0.5, 0.6) is 0 Å². The van der Waals surface area contributed by atoms with Crippen molar-refractivity contribution in [3.63, 3.8) is 0 Å². The normalized spacial score (nSPS) is 11.8. The topological polar surface area (TPSA) is 72.2 Å². The molecule has 0 aliphatic heterocycles. The van der Waals surface area contributed by atoms with Crippen molar-refractivity contribution in [3.8, 4) is 0 Å². The van der Waals surface area contributed by atoms with E-state index in [9.17, 15) is 14.9 Å². The summed E-state index contributed by atoms with van der Waals surface area (Å²) in [5, 5.41) is 14.4. The third kappa shape index (κ3) is 5.92. The molecule has 0 saturated heterocycles. The number of hydrogen-bond acceptors (Lipinski definition) is 4. The number of halogens is 2. The maximum atomic E-state index is 12.0. The first-order valence-electron chi connectivity index (χ1n) is 7.42. The first-order valence-corrected chi connectivity index (χ1v) is 9.33. The molecule has 1 atom stereocenters. The van der Waals surface area contributed by atoms with Crippen LogP contribution in [0.15, 0.2) is 42.5 Å². The number of benzene rings is 2. The molecule has 2 rings (SSSR count). The van der Waals surface area contributed by atoms with Crippen molar-refractivity contribution >= 4 is 46.6 Å². The van der Waals surface area contributed by atoms with Gasteiger partial charge in [-0.3, -0.25) is 14.9 Å². The molecule has 0 radical (unpaired) electrons. The van der Waals surface area contributed by atoms with E-state index >= 15 is 0 Å². The summed E-state index contributed by atoms with van der Waals surface area (Å²) < 4.78 is 0. The second kappa shape index (κ2) is 9.08. The van der Waals surface area contributed by atoms with E-state index in [2.05, 4.69) is 5.32 Å². The molecule has 0 fully saturated rings. The van der Waals surface area contributed by atoms with Crippen molar-refractivity contribution in [2.45, 2.75) is 18.7 Å². The van der Waals surface area contributed by atoms with E-state index in [0.29, 0.717) is 21.6 Å². The van der Waals surface area contributed by atoms with Crippen LogP contribution in [0.4, 0.5) is 5.69 Å². The van der Waals surface area contributed by atoms with Crippen molar-refractivity contribution in [1.82, 2.24) is 5.32 Å². The van der Waals surface area contributed by atoms with Crippen LogP contribution in [0.1, 0.15) is 24.1 Å². The molecule has 8 heteroatoms.